The Morgan fingerprint density at radius 3 is 2.03 bits per heavy atom. The number of carbonyl (C=O) groups excluding carboxylic acids is 2. The molecule has 3 aromatic carbocycles. The van der Waals surface area contributed by atoms with Gasteiger partial charge in [0.1, 0.15) is 5.76 Å². The van der Waals surface area contributed by atoms with Crippen LogP contribution >= 0.6 is 15.9 Å². The number of hydrogen-bond acceptors (Lipinski definition) is 3. The molecular weight excluding hydrogens is 466 g/mol. The number of benzene rings is 3. The molecular formula is C27H24BrNO3. The van der Waals surface area contributed by atoms with Gasteiger partial charge in [0.05, 0.1) is 11.6 Å². The first-order valence-corrected chi connectivity index (χ1v) is 11.2. The maximum Gasteiger partial charge on any atom is 0.300 e. The van der Waals surface area contributed by atoms with Crippen LogP contribution < -0.4 is 4.90 Å². The zero-order valence-electron chi connectivity index (χ0n) is 18.2. The fourth-order valence-corrected chi connectivity index (χ4v) is 4.20. The Kier molecular flexibility index (Phi) is 5.78. The second-order valence-electron chi connectivity index (χ2n) is 8.88. The molecule has 1 atom stereocenters. The Balaban J connectivity index is 1.88. The maximum absolute atomic E-state index is 13.2. The molecule has 0 bridgehead atoms. The summed E-state index contributed by atoms with van der Waals surface area (Å²) in [6.45, 7) is 6.36. The largest absolute Gasteiger partial charge is 0.507 e. The third kappa shape index (κ3) is 4.00. The van der Waals surface area contributed by atoms with Crippen molar-refractivity contribution in [2.45, 2.75) is 32.2 Å². The van der Waals surface area contributed by atoms with Gasteiger partial charge < -0.3 is 5.11 Å². The van der Waals surface area contributed by atoms with Crippen LogP contribution in [-0.2, 0) is 15.0 Å². The third-order valence-corrected chi connectivity index (χ3v) is 6.22. The lowest BCUT2D eigenvalue weighted by atomic mass is 9.87. The summed E-state index contributed by atoms with van der Waals surface area (Å²) in [6, 6.07) is 23.3. The third-order valence-electron chi connectivity index (χ3n) is 5.69. The molecule has 0 saturated carbocycles. The normalized spacial score (nSPS) is 18.2. The van der Waals surface area contributed by atoms with Crippen LogP contribution in [0.3, 0.4) is 0 Å². The first kappa shape index (κ1) is 22.0. The van der Waals surface area contributed by atoms with Crippen molar-refractivity contribution in [2.75, 3.05) is 4.90 Å². The molecule has 1 N–H and O–H groups in total. The number of Topliss-reactive ketones (excluding diaryl/α,β-unsaturated/α-hetero) is 1. The van der Waals surface area contributed by atoms with Gasteiger partial charge in [-0.2, -0.15) is 0 Å². The van der Waals surface area contributed by atoms with Crippen molar-refractivity contribution in [2.24, 2.45) is 0 Å². The number of anilines is 1. The second kappa shape index (κ2) is 8.40. The van der Waals surface area contributed by atoms with Crippen LogP contribution in [0.5, 0.6) is 0 Å². The zero-order chi connectivity index (χ0) is 23.0. The number of aliphatic hydroxyl groups is 1. The Morgan fingerprint density at radius 2 is 1.47 bits per heavy atom. The van der Waals surface area contributed by atoms with Crippen molar-refractivity contribution in [3.05, 3.63) is 106 Å². The van der Waals surface area contributed by atoms with E-state index in [4.69, 9.17) is 0 Å². The molecule has 1 amide bonds. The van der Waals surface area contributed by atoms with Crippen LogP contribution in [0.15, 0.2) is 88.9 Å². The Hall–Kier alpha value is -3.18. The lowest BCUT2D eigenvalue weighted by Gasteiger charge is -2.26. The average Bonchev–Trinajstić information content (AvgIpc) is 3.04. The minimum Gasteiger partial charge on any atom is -0.507 e. The molecule has 32 heavy (non-hydrogen) atoms. The van der Waals surface area contributed by atoms with Gasteiger partial charge in [0.15, 0.2) is 0 Å². The van der Waals surface area contributed by atoms with E-state index in [0.29, 0.717) is 11.3 Å². The van der Waals surface area contributed by atoms with Crippen LogP contribution in [0.4, 0.5) is 5.69 Å². The predicted molar refractivity (Wildman–Crippen MR) is 131 cm³/mol. The molecule has 1 unspecified atom stereocenters. The van der Waals surface area contributed by atoms with E-state index in [1.165, 1.54) is 4.90 Å². The summed E-state index contributed by atoms with van der Waals surface area (Å²) in [7, 11) is 0. The second-order valence-corrected chi connectivity index (χ2v) is 9.80. The van der Waals surface area contributed by atoms with Crippen molar-refractivity contribution in [3.63, 3.8) is 0 Å². The Morgan fingerprint density at radius 1 is 0.875 bits per heavy atom. The number of carbonyl (C=O) groups is 2. The molecule has 1 fully saturated rings. The van der Waals surface area contributed by atoms with Gasteiger partial charge >= 0.3 is 0 Å². The van der Waals surface area contributed by atoms with Gasteiger partial charge in [-0.25, -0.2) is 0 Å². The van der Waals surface area contributed by atoms with Crippen molar-refractivity contribution < 1.29 is 14.7 Å². The molecule has 1 heterocycles. The zero-order valence-corrected chi connectivity index (χ0v) is 19.8. The van der Waals surface area contributed by atoms with E-state index in [1.807, 2.05) is 54.6 Å². The highest BCUT2D eigenvalue weighted by molar-refractivity contribution is 9.10. The van der Waals surface area contributed by atoms with Crippen molar-refractivity contribution in [1.29, 1.82) is 0 Å². The van der Waals surface area contributed by atoms with Gasteiger partial charge in [0.2, 0.25) is 0 Å². The number of halogens is 1. The molecule has 0 aromatic heterocycles. The van der Waals surface area contributed by atoms with Crippen LogP contribution in [0.25, 0.3) is 5.76 Å². The number of hydrogen-bond donors (Lipinski definition) is 1. The molecule has 1 aliphatic rings. The van der Waals surface area contributed by atoms with Crippen molar-refractivity contribution in [3.8, 4) is 0 Å². The maximum atomic E-state index is 13.2. The van der Waals surface area contributed by atoms with Crippen LogP contribution in [-0.4, -0.2) is 16.8 Å². The highest BCUT2D eigenvalue weighted by Gasteiger charge is 2.46. The molecule has 0 aliphatic carbocycles. The van der Waals surface area contributed by atoms with Crippen LogP contribution in [0.1, 0.15) is 43.5 Å². The van der Waals surface area contributed by atoms with Gasteiger partial charge in [-0.3, -0.25) is 14.5 Å². The van der Waals surface area contributed by atoms with E-state index in [0.717, 1.165) is 15.6 Å². The molecule has 4 rings (SSSR count). The minimum atomic E-state index is -0.722. The predicted octanol–water partition coefficient (Wildman–Crippen LogP) is 6.37. The summed E-state index contributed by atoms with van der Waals surface area (Å²) < 4.78 is 0.855. The SMILES string of the molecule is CC(C)(C)c1ccc(N2C(=O)C(=O)/C(=C(/O)c3ccc(Br)cc3)C2c2ccccc2)cc1. The Bertz CT molecular complexity index is 1190. The number of rotatable bonds is 3. The highest BCUT2D eigenvalue weighted by atomic mass is 79.9. The lowest BCUT2D eigenvalue weighted by Crippen LogP contribution is -2.29. The lowest BCUT2D eigenvalue weighted by molar-refractivity contribution is -0.132. The molecule has 5 heteroatoms. The van der Waals surface area contributed by atoms with Gasteiger partial charge in [0.25, 0.3) is 11.7 Å². The number of ketones is 1. The van der Waals surface area contributed by atoms with E-state index in [9.17, 15) is 14.7 Å². The Labute approximate surface area is 196 Å². The molecule has 0 radical (unpaired) electrons. The molecule has 1 aliphatic heterocycles. The minimum absolute atomic E-state index is 0.0346. The summed E-state index contributed by atoms with van der Waals surface area (Å²) in [6.07, 6.45) is 0. The van der Waals surface area contributed by atoms with E-state index in [2.05, 4.69) is 36.7 Å². The molecule has 3 aromatic rings. The van der Waals surface area contributed by atoms with Gasteiger partial charge in [0, 0.05) is 15.7 Å². The van der Waals surface area contributed by atoms with E-state index >= 15 is 0 Å². The molecule has 4 nitrogen and oxygen atoms in total. The van der Waals surface area contributed by atoms with Gasteiger partial charge in [-0.15, -0.1) is 0 Å². The molecule has 162 valence electrons. The van der Waals surface area contributed by atoms with E-state index in [-0.39, 0.29) is 16.7 Å². The van der Waals surface area contributed by atoms with Gasteiger partial charge in [-0.1, -0.05) is 91.3 Å². The van der Waals surface area contributed by atoms with Crippen LogP contribution in [0.2, 0.25) is 0 Å². The summed E-state index contributed by atoms with van der Waals surface area (Å²) >= 11 is 3.38. The number of aliphatic hydroxyl groups excluding tert-OH is 1. The summed E-state index contributed by atoms with van der Waals surface area (Å²) in [5.41, 5.74) is 3.03. The highest BCUT2D eigenvalue weighted by Crippen LogP contribution is 2.42. The fourth-order valence-electron chi connectivity index (χ4n) is 3.93. The fraction of sp³-hybridized carbons (Fsp3) is 0.185. The summed E-state index contributed by atoms with van der Waals surface area (Å²) in [5, 5.41) is 11.1. The smallest absolute Gasteiger partial charge is 0.300 e. The molecule has 0 spiro atoms. The average molecular weight is 490 g/mol. The van der Waals surface area contributed by atoms with E-state index < -0.39 is 17.7 Å². The first-order valence-electron chi connectivity index (χ1n) is 10.4. The molecule has 1 saturated heterocycles. The van der Waals surface area contributed by atoms with Crippen LogP contribution in [0, 0.1) is 0 Å². The first-order chi connectivity index (χ1) is 15.2. The van der Waals surface area contributed by atoms with Gasteiger partial charge in [-0.05, 0) is 40.8 Å². The quantitative estimate of drug-likeness (QED) is 0.264. The number of amides is 1. The summed E-state index contributed by atoms with van der Waals surface area (Å²) in [4.78, 5) is 27.8. The monoisotopic (exact) mass is 489 g/mol. The van der Waals surface area contributed by atoms with Crippen molar-refractivity contribution >= 4 is 39.1 Å². The van der Waals surface area contributed by atoms with E-state index in [1.54, 1.807) is 24.3 Å². The topological polar surface area (TPSA) is 57.6 Å². The summed E-state index contributed by atoms with van der Waals surface area (Å²) in [5.74, 6) is -1.53. The van der Waals surface area contributed by atoms with Crippen molar-refractivity contribution in [1.82, 2.24) is 0 Å². The number of nitrogens with zero attached hydrogens (tertiary/aromatic N) is 1. The standard InChI is InChI=1S/C27H24BrNO3/c1-27(2,3)19-11-15-21(16-12-19)29-23(17-7-5-4-6-8-17)22(25(31)26(29)32)24(30)18-9-13-20(28)14-10-18/h4-16,23,30H,1-3H3/b24-22+.